The lowest BCUT2D eigenvalue weighted by Gasteiger charge is -2.27. The summed E-state index contributed by atoms with van der Waals surface area (Å²) in [6, 6.07) is 17.3. The summed E-state index contributed by atoms with van der Waals surface area (Å²) in [5.74, 6) is -0.0184. The summed E-state index contributed by atoms with van der Waals surface area (Å²) in [5.41, 5.74) is 3.42. The monoisotopic (exact) mass is 499 g/mol. The van der Waals surface area contributed by atoms with E-state index in [4.69, 9.17) is 14.2 Å². The average Bonchev–Trinajstić information content (AvgIpc) is 3.45. The zero-order valence-corrected chi connectivity index (χ0v) is 21.5. The molecule has 3 aromatic rings. The minimum atomic E-state index is -0.837. The van der Waals surface area contributed by atoms with Crippen molar-refractivity contribution in [1.29, 1.82) is 0 Å². The molecule has 2 heterocycles. The lowest BCUT2D eigenvalue weighted by atomic mass is 9.85. The molecule has 0 radical (unpaired) electrons. The summed E-state index contributed by atoms with van der Waals surface area (Å²) in [5, 5.41) is 11.5. The van der Waals surface area contributed by atoms with E-state index in [1.165, 1.54) is 4.90 Å². The summed E-state index contributed by atoms with van der Waals surface area (Å²) >= 11 is 0. The molecule has 0 aliphatic carbocycles. The molecule has 1 fully saturated rings. The fourth-order valence-electron chi connectivity index (χ4n) is 4.79. The van der Waals surface area contributed by atoms with E-state index in [9.17, 15) is 14.7 Å². The van der Waals surface area contributed by atoms with Gasteiger partial charge in [-0.05, 0) is 59.4 Å². The Morgan fingerprint density at radius 3 is 2.32 bits per heavy atom. The molecule has 37 heavy (non-hydrogen) atoms. The molecule has 0 bridgehead atoms. The van der Waals surface area contributed by atoms with Gasteiger partial charge in [0.2, 0.25) is 6.79 Å². The van der Waals surface area contributed by atoms with Gasteiger partial charge in [-0.2, -0.15) is 0 Å². The number of hydrogen-bond acceptors (Lipinski definition) is 6. The Morgan fingerprint density at radius 2 is 1.68 bits per heavy atom. The highest BCUT2D eigenvalue weighted by molar-refractivity contribution is 6.51. The van der Waals surface area contributed by atoms with Crippen molar-refractivity contribution < 1.29 is 28.9 Å². The van der Waals surface area contributed by atoms with Crippen LogP contribution in [0.15, 0.2) is 66.2 Å². The number of carbonyl (C=O) groups excluding carboxylic acids is 2. The van der Waals surface area contributed by atoms with E-state index >= 15 is 0 Å². The maximum atomic E-state index is 13.5. The van der Waals surface area contributed by atoms with Gasteiger partial charge in [0.1, 0.15) is 11.5 Å². The summed E-state index contributed by atoms with van der Waals surface area (Å²) in [6.07, 6.45) is 0. The molecule has 1 unspecified atom stereocenters. The largest absolute Gasteiger partial charge is 0.507 e. The van der Waals surface area contributed by atoms with Crippen LogP contribution in [-0.2, 0) is 15.0 Å². The number of aryl methyl sites for hydroxylation is 1. The van der Waals surface area contributed by atoms with Crippen molar-refractivity contribution in [2.75, 3.05) is 18.8 Å². The molecule has 0 saturated carbocycles. The molecule has 0 aromatic heterocycles. The van der Waals surface area contributed by atoms with Crippen molar-refractivity contribution in [3.8, 4) is 17.2 Å². The number of hydrogen-bond donors (Lipinski definition) is 1. The van der Waals surface area contributed by atoms with Gasteiger partial charge in [0, 0.05) is 17.3 Å². The molecule has 1 atom stereocenters. The van der Waals surface area contributed by atoms with Crippen molar-refractivity contribution in [2.24, 2.45) is 0 Å². The zero-order valence-electron chi connectivity index (χ0n) is 21.5. The lowest BCUT2D eigenvalue weighted by molar-refractivity contribution is -0.132. The van der Waals surface area contributed by atoms with Gasteiger partial charge in [0.25, 0.3) is 11.7 Å². The third-order valence-corrected chi connectivity index (χ3v) is 6.86. The summed E-state index contributed by atoms with van der Waals surface area (Å²) in [6.45, 7) is 8.26. The van der Waals surface area contributed by atoms with Crippen LogP contribution in [0.4, 0.5) is 5.69 Å². The first-order valence-electron chi connectivity index (χ1n) is 12.1. The summed E-state index contributed by atoms with van der Waals surface area (Å²) in [4.78, 5) is 28.4. The number of ether oxygens (including phenoxy) is 3. The predicted molar refractivity (Wildman–Crippen MR) is 140 cm³/mol. The highest BCUT2D eigenvalue weighted by Crippen LogP contribution is 2.45. The van der Waals surface area contributed by atoms with Gasteiger partial charge >= 0.3 is 0 Å². The van der Waals surface area contributed by atoms with Crippen LogP contribution in [0.1, 0.15) is 49.1 Å². The molecule has 1 saturated heterocycles. The summed E-state index contributed by atoms with van der Waals surface area (Å²) in [7, 11) is 1.56. The van der Waals surface area contributed by atoms with Crippen LogP contribution in [0, 0.1) is 6.92 Å². The molecule has 1 N–H and O–H groups in total. The fraction of sp³-hybridized carbons (Fsp3) is 0.267. The molecule has 0 spiro atoms. The number of rotatable bonds is 4. The van der Waals surface area contributed by atoms with Crippen molar-refractivity contribution in [1.82, 2.24) is 0 Å². The van der Waals surface area contributed by atoms with Gasteiger partial charge in [-0.25, -0.2) is 0 Å². The number of benzene rings is 3. The minimum absolute atomic E-state index is 0.0273. The normalized spacial score (nSPS) is 18.4. The number of nitrogens with zero attached hydrogens (tertiary/aromatic N) is 1. The van der Waals surface area contributed by atoms with Gasteiger partial charge in [-0.1, -0.05) is 45.0 Å². The number of fused-ring (bicyclic) bond motifs is 1. The van der Waals surface area contributed by atoms with Gasteiger partial charge in [0.05, 0.1) is 18.7 Å². The van der Waals surface area contributed by atoms with Crippen LogP contribution in [0.2, 0.25) is 0 Å². The van der Waals surface area contributed by atoms with Gasteiger partial charge in [-0.3, -0.25) is 14.5 Å². The molecule has 3 aromatic carbocycles. The second-order valence-corrected chi connectivity index (χ2v) is 10.3. The maximum Gasteiger partial charge on any atom is 0.300 e. The number of Topliss-reactive ketones (excluding diaryl/α,β-unsaturated/α-hetero) is 1. The van der Waals surface area contributed by atoms with Crippen molar-refractivity contribution >= 4 is 23.1 Å². The Labute approximate surface area is 215 Å². The quantitative estimate of drug-likeness (QED) is 0.283. The van der Waals surface area contributed by atoms with Crippen LogP contribution < -0.4 is 19.1 Å². The van der Waals surface area contributed by atoms with E-state index in [2.05, 4.69) is 20.8 Å². The number of ketones is 1. The number of carbonyl (C=O) groups is 2. The first kappa shape index (κ1) is 24.4. The van der Waals surface area contributed by atoms with E-state index in [1.807, 2.05) is 31.2 Å². The third kappa shape index (κ3) is 4.20. The molecule has 5 rings (SSSR count). The first-order chi connectivity index (χ1) is 17.6. The van der Waals surface area contributed by atoms with E-state index in [1.54, 1.807) is 43.5 Å². The van der Waals surface area contributed by atoms with E-state index in [0.29, 0.717) is 39.6 Å². The molecule has 190 valence electrons. The van der Waals surface area contributed by atoms with Crippen molar-refractivity contribution in [3.05, 3.63) is 88.5 Å². The van der Waals surface area contributed by atoms with Gasteiger partial charge in [-0.15, -0.1) is 0 Å². The molecule has 1 amide bonds. The number of anilines is 1. The Bertz CT molecular complexity index is 1430. The Morgan fingerprint density at radius 1 is 0.973 bits per heavy atom. The van der Waals surface area contributed by atoms with Crippen LogP contribution in [0.3, 0.4) is 0 Å². The fourth-order valence-corrected chi connectivity index (χ4v) is 4.79. The standard InChI is InChI=1S/C30H29NO6/c1-17-14-21(35-5)11-12-22(17)27(32)25-26(18-6-8-19(9-7-18)30(2,3)4)31(29(34)28(25)33)20-10-13-23-24(15-20)37-16-36-23/h6-15,26,32H,16H2,1-5H3/b27-25+. The first-order valence-corrected chi connectivity index (χ1v) is 12.1. The van der Waals surface area contributed by atoms with Crippen molar-refractivity contribution in [3.63, 3.8) is 0 Å². The van der Waals surface area contributed by atoms with Gasteiger partial charge in [0.15, 0.2) is 11.5 Å². The molecule has 7 nitrogen and oxygen atoms in total. The zero-order chi connectivity index (χ0) is 26.5. The van der Waals surface area contributed by atoms with E-state index in [-0.39, 0.29) is 23.5 Å². The van der Waals surface area contributed by atoms with Crippen LogP contribution >= 0.6 is 0 Å². The van der Waals surface area contributed by atoms with Crippen LogP contribution in [0.5, 0.6) is 17.2 Å². The molecular formula is C30H29NO6. The van der Waals surface area contributed by atoms with Crippen LogP contribution in [0.25, 0.3) is 5.76 Å². The highest BCUT2D eigenvalue weighted by atomic mass is 16.7. The van der Waals surface area contributed by atoms with E-state index < -0.39 is 17.7 Å². The molecule has 2 aliphatic heterocycles. The second-order valence-electron chi connectivity index (χ2n) is 10.3. The Balaban J connectivity index is 1.70. The number of amides is 1. The van der Waals surface area contributed by atoms with Crippen LogP contribution in [-0.4, -0.2) is 30.7 Å². The SMILES string of the molecule is COc1ccc(/C(O)=C2\C(=O)C(=O)N(c3ccc4c(c3)OCO4)C2c2ccc(C(C)(C)C)cc2)c(C)c1. The third-order valence-electron chi connectivity index (χ3n) is 6.86. The second kappa shape index (κ2) is 9.00. The number of aliphatic hydroxyl groups is 1. The molecule has 7 heteroatoms. The van der Waals surface area contributed by atoms with E-state index in [0.717, 1.165) is 5.56 Å². The Hall–Kier alpha value is -4.26. The smallest absolute Gasteiger partial charge is 0.300 e. The maximum absolute atomic E-state index is 13.5. The number of methoxy groups -OCH3 is 1. The van der Waals surface area contributed by atoms with Gasteiger partial charge < -0.3 is 19.3 Å². The average molecular weight is 500 g/mol. The molecule has 2 aliphatic rings. The lowest BCUT2D eigenvalue weighted by Crippen LogP contribution is -2.29. The predicted octanol–water partition coefficient (Wildman–Crippen LogP) is 5.66. The Kier molecular flexibility index (Phi) is 5.94. The number of aliphatic hydroxyl groups excluding tert-OH is 1. The highest BCUT2D eigenvalue weighted by Gasteiger charge is 2.47. The van der Waals surface area contributed by atoms with Crippen molar-refractivity contribution in [2.45, 2.75) is 39.2 Å². The topological polar surface area (TPSA) is 85.3 Å². The summed E-state index contributed by atoms with van der Waals surface area (Å²) < 4.78 is 16.2. The molecular weight excluding hydrogens is 470 g/mol. The minimum Gasteiger partial charge on any atom is -0.507 e.